The van der Waals surface area contributed by atoms with Crippen LogP contribution in [0.4, 0.5) is 0 Å². The molecule has 0 bridgehead atoms. The highest BCUT2D eigenvalue weighted by Crippen LogP contribution is 2.36. The maximum Gasteiger partial charge on any atom is 0.120 e. The molecule has 0 aliphatic rings. The molecular weight excluding hydrogens is 311 g/mol. The highest BCUT2D eigenvalue weighted by molar-refractivity contribution is 14.1. The Labute approximate surface area is 109 Å². The number of alkyl halides is 1. The topological polar surface area (TPSA) is 20.2 Å². The number of rotatable bonds is 2. The van der Waals surface area contributed by atoms with E-state index < -0.39 is 0 Å². The first-order valence-electron chi connectivity index (χ1n) is 5.17. The van der Waals surface area contributed by atoms with Crippen LogP contribution in [0.5, 0.6) is 5.75 Å². The van der Waals surface area contributed by atoms with E-state index in [-0.39, 0.29) is 3.92 Å². The predicted octanol–water partition coefficient (Wildman–Crippen LogP) is 4.23. The van der Waals surface area contributed by atoms with Crippen molar-refractivity contribution in [3.05, 3.63) is 65.2 Å². The normalized spacial score (nSPS) is 12.4. The van der Waals surface area contributed by atoms with Crippen molar-refractivity contribution >= 4 is 22.6 Å². The van der Waals surface area contributed by atoms with Crippen LogP contribution >= 0.6 is 22.6 Å². The van der Waals surface area contributed by atoms with Crippen LogP contribution in [0.15, 0.2) is 48.5 Å². The smallest absolute Gasteiger partial charge is 0.120 e. The SMILES string of the molecule is Cc1ccc(O)c([C@@H](I)c2ccccc2)c1. The van der Waals surface area contributed by atoms with Gasteiger partial charge < -0.3 is 5.11 Å². The van der Waals surface area contributed by atoms with E-state index in [9.17, 15) is 5.11 Å². The second-order valence-corrected chi connectivity index (χ2v) is 5.08. The van der Waals surface area contributed by atoms with Crippen molar-refractivity contribution < 1.29 is 5.11 Å². The van der Waals surface area contributed by atoms with Gasteiger partial charge in [0, 0.05) is 5.56 Å². The number of benzene rings is 2. The lowest BCUT2D eigenvalue weighted by Crippen LogP contribution is -1.93. The van der Waals surface area contributed by atoms with Crippen LogP contribution in [0, 0.1) is 6.92 Å². The molecule has 0 spiro atoms. The van der Waals surface area contributed by atoms with Crippen molar-refractivity contribution in [3.63, 3.8) is 0 Å². The lowest BCUT2D eigenvalue weighted by atomic mass is 10.0. The van der Waals surface area contributed by atoms with E-state index in [2.05, 4.69) is 34.7 Å². The molecule has 1 nitrogen and oxygen atoms in total. The van der Waals surface area contributed by atoms with Crippen LogP contribution in [-0.2, 0) is 0 Å². The Bertz CT molecular complexity index is 479. The summed E-state index contributed by atoms with van der Waals surface area (Å²) in [6.45, 7) is 2.04. The molecule has 2 aromatic carbocycles. The first kappa shape index (κ1) is 11.5. The summed E-state index contributed by atoms with van der Waals surface area (Å²) in [5.41, 5.74) is 3.36. The fourth-order valence-electron chi connectivity index (χ4n) is 1.68. The summed E-state index contributed by atoms with van der Waals surface area (Å²) in [7, 11) is 0. The molecule has 0 fully saturated rings. The van der Waals surface area contributed by atoms with Crippen molar-refractivity contribution in [2.24, 2.45) is 0 Å². The zero-order valence-corrected chi connectivity index (χ0v) is 11.2. The van der Waals surface area contributed by atoms with Crippen molar-refractivity contribution in [3.8, 4) is 5.75 Å². The summed E-state index contributed by atoms with van der Waals surface area (Å²) < 4.78 is 0.193. The first-order valence-corrected chi connectivity index (χ1v) is 6.41. The molecule has 0 aliphatic heterocycles. The third-order valence-corrected chi connectivity index (χ3v) is 3.94. The largest absolute Gasteiger partial charge is 0.508 e. The van der Waals surface area contributed by atoms with Crippen LogP contribution in [0.3, 0.4) is 0 Å². The third kappa shape index (κ3) is 2.38. The molecule has 16 heavy (non-hydrogen) atoms. The van der Waals surface area contributed by atoms with Gasteiger partial charge in [0.05, 0.1) is 3.92 Å². The molecule has 0 saturated carbocycles. The quantitative estimate of drug-likeness (QED) is 0.648. The summed E-state index contributed by atoms with van der Waals surface area (Å²) in [6.07, 6.45) is 0. The Hall–Kier alpha value is -1.03. The van der Waals surface area contributed by atoms with Crippen molar-refractivity contribution in [2.75, 3.05) is 0 Å². The van der Waals surface area contributed by atoms with Crippen LogP contribution in [0.1, 0.15) is 20.6 Å². The van der Waals surface area contributed by atoms with Gasteiger partial charge in [0.1, 0.15) is 5.75 Å². The van der Waals surface area contributed by atoms with Gasteiger partial charge in [-0.3, -0.25) is 0 Å². The molecule has 0 aromatic heterocycles. The van der Waals surface area contributed by atoms with E-state index in [0.29, 0.717) is 5.75 Å². The molecule has 1 N–H and O–H groups in total. The zero-order valence-electron chi connectivity index (χ0n) is 9.02. The van der Waals surface area contributed by atoms with E-state index in [1.54, 1.807) is 6.07 Å². The monoisotopic (exact) mass is 324 g/mol. The number of hydrogen-bond donors (Lipinski definition) is 1. The van der Waals surface area contributed by atoms with Crippen molar-refractivity contribution in [1.29, 1.82) is 0 Å². The van der Waals surface area contributed by atoms with E-state index in [0.717, 1.165) is 5.56 Å². The van der Waals surface area contributed by atoms with Crippen molar-refractivity contribution in [2.45, 2.75) is 10.8 Å². The molecular formula is C14H13IO. The second kappa shape index (κ2) is 4.87. The first-order chi connectivity index (χ1) is 7.68. The standard InChI is InChI=1S/C14H13IO/c1-10-7-8-13(16)12(9-10)14(15)11-5-3-2-4-6-11/h2-9,14,16H,1H3/t14-/m0/s1. The molecule has 0 saturated heterocycles. The average molecular weight is 324 g/mol. The average Bonchev–Trinajstić information content (AvgIpc) is 2.32. The lowest BCUT2D eigenvalue weighted by Gasteiger charge is -2.13. The van der Waals surface area contributed by atoms with Gasteiger partial charge >= 0.3 is 0 Å². The van der Waals surface area contributed by atoms with Gasteiger partial charge in [-0.15, -0.1) is 0 Å². The Morgan fingerprint density at radius 1 is 1.06 bits per heavy atom. The van der Waals surface area contributed by atoms with Gasteiger partial charge in [-0.1, -0.05) is 70.6 Å². The molecule has 2 aromatic rings. The van der Waals surface area contributed by atoms with E-state index >= 15 is 0 Å². The number of aromatic hydroxyl groups is 1. The van der Waals surface area contributed by atoms with Gasteiger partial charge in [-0.05, 0) is 18.6 Å². The summed E-state index contributed by atoms with van der Waals surface area (Å²) >= 11 is 2.36. The molecule has 0 aliphatic carbocycles. The Balaban J connectivity index is 2.41. The molecule has 2 heteroatoms. The van der Waals surface area contributed by atoms with Gasteiger partial charge in [-0.2, -0.15) is 0 Å². The Morgan fingerprint density at radius 3 is 2.44 bits per heavy atom. The minimum atomic E-state index is 0.193. The fourth-order valence-corrected chi connectivity index (χ4v) is 2.59. The number of hydrogen-bond acceptors (Lipinski definition) is 1. The van der Waals surface area contributed by atoms with Crippen molar-refractivity contribution in [1.82, 2.24) is 0 Å². The zero-order chi connectivity index (χ0) is 11.5. The van der Waals surface area contributed by atoms with E-state index in [1.165, 1.54) is 11.1 Å². The van der Waals surface area contributed by atoms with Crippen LogP contribution < -0.4 is 0 Å². The Morgan fingerprint density at radius 2 is 1.75 bits per heavy atom. The molecule has 0 heterocycles. The van der Waals surface area contributed by atoms with Gasteiger partial charge in [-0.25, -0.2) is 0 Å². The van der Waals surface area contributed by atoms with Crippen LogP contribution in [-0.4, -0.2) is 5.11 Å². The second-order valence-electron chi connectivity index (χ2n) is 3.84. The highest BCUT2D eigenvalue weighted by atomic mass is 127. The molecule has 0 unspecified atom stereocenters. The summed E-state index contributed by atoms with van der Waals surface area (Å²) in [5, 5.41) is 9.86. The van der Waals surface area contributed by atoms with E-state index in [4.69, 9.17) is 0 Å². The number of phenolic OH excluding ortho intramolecular Hbond substituents is 1. The van der Waals surface area contributed by atoms with Gasteiger partial charge in [0.2, 0.25) is 0 Å². The molecule has 0 radical (unpaired) electrons. The minimum Gasteiger partial charge on any atom is -0.508 e. The summed E-state index contributed by atoms with van der Waals surface area (Å²) in [6, 6.07) is 15.9. The highest BCUT2D eigenvalue weighted by Gasteiger charge is 2.13. The van der Waals surface area contributed by atoms with Gasteiger partial charge in [0.25, 0.3) is 0 Å². The van der Waals surface area contributed by atoms with Crippen LogP contribution in [0.2, 0.25) is 0 Å². The molecule has 82 valence electrons. The number of aryl methyl sites for hydroxylation is 1. The molecule has 2 rings (SSSR count). The minimum absolute atomic E-state index is 0.193. The van der Waals surface area contributed by atoms with Crippen LogP contribution in [0.25, 0.3) is 0 Å². The fraction of sp³-hybridized carbons (Fsp3) is 0.143. The summed E-state index contributed by atoms with van der Waals surface area (Å²) in [4.78, 5) is 0. The predicted molar refractivity (Wildman–Crippen MR) is 75.1 cm³/mol. The maximum absolute atomic E-state index is 9.86. The number of halogens is 1. The summed E-state index contributed by atoms with van der Waals surface area (Å²) in [5.74, 6) is 0.369. The lowest BCUT2D eigenvalue weighted by molar-refractivity contribution is 0.469. The third-order valence-electron chi connectivity index (χ3n) is 2.55. The Kier molecular flexibility index (Phi) is 3.49. The maximum atomic E-state index is 9.86. The van der Waals surface area contributed by atoms with E-state index in [1.807, 2.05) is 37.3 Å². The number of phenols is 1. The molecule has 1 atom stereocenters. The molecule has 0 amide bonds. The van der Waals surface area contributed by atoms with Gasteiger partial charge in [0.15, 0.2) is 0 Å².